The van der Waals surface area contributed by atoms with Crippen LogP contribution in [0.2, 0.25) is 0 Å². The van der Waals surface area contributed by atoms with E-state index >= 15 is 0 Å². The molecule has 1 aromatic carbocycles. The topological polar surface area (TPSA) is 87.5 Å². The normalized spacial score (nSPS) is 14.4. The van der Waals surface area contributed by atoms with E-state index in [1.165, 1.54) is 0 Å². The van der Waals surface area contributed by atoms with E-state index in [4.69, 9.17) is 5.73 Å². The van der Waals surface area contributed by atoms with E-state index in [0.717, 1.165) is 12.1 Å². The Morgan fingerprint density at radius 3 is 2.64 bits per heavy atom. The second kappa shape index (κ2) is 10.5. The fourth-order valence-corrected chi connectivity index (χ4v) is 2.76. The van der Waals surface area contributed by atoms with Gasteiger partial charge in [0.25, 0.3) is 5.91 Å². The summed E-state index contributed by atoms with van der Waals surface area (Å²) in [6.07, 6.45) is 1.28. The highest BCUT2D eigenvalue weighted by atomic mass is 35.5. The van der Waals surface area contributed by atoms with E-state index in [-0.39, 0.29) is 42.7 Å². The maximum absolute atomic E-state index is 12.4. The number of benzene rings is 1. The molecule has 8 heteroatoms. The quantitative estimate of drug-likeness (QED) is 0.720. The fourth-order valence-electron chi connectivity index (χ4n) is 2.76. The lowest BCUT2D eigenvalue weighted by atomic mass is 10.0. The van der Waals surface area contributed by atoms with Crippen LogP contribution in [0.15, 0.2) is 18.2 Å². The van der Waals surface area contributed by atoms with E-state index in [9.17, 15) is 9.59 Å². The molecule has 1 aromatic rings. The number of nitrogens with zero attached hydrogens (tertiary/aromatic N) is 1. The summed E-state index contributed by atoms with van der Waals surface area (Å²) in [5, 5.41) is 5.83. The summed E-state index contributed by atoms with van der Waals surface area (Å²) in [6, 6.07) is 5.34. The van der Waals surface area contributed by atoms with Crippen LogP contribution in [0.25, 0.3) is 0 Å². The summed E-state index contributed by atoms with van der Waals surface area (Å²) in [6.45, 7) is 5.27. The Morgan fingerprint density at radius 1 is 1.36 bits per heavy atom. The molecule has 2 amide bonds. The van der Waals surface area contributed by atoms with Crippen molar-refractivity contribution in [3.63, 3.8) is 0 Å². The first-order valence-corrected chi connectivity index (χ1v) is 8.06. The average molecular weight is 391 g/mol. The first kappa shape index (κ1) is 23.5. The molecule has 1 unspecified atom stereocenters. The molecule has 142 valence electrons. The summed E-state index contributed by atoms with van der Waals surface area (Å²) < 4.78 is 0. The maximum atomic E-state index is 12.4. The molecule has 0 bridgehead atoms. The van der Waals surface area contributed by atoms with Crippen LogP contribution < -0.4 is 21.3 Å². The van der Waals surface area contributed by atoms with E-state index in [1.807, 2.05) is 18.0 Å². The van der Waals surface area contributed by atoms with Crippen LogP contribution in [0.1, 0.15) is 37.0 Å². The van der Waals surface area contributed by atoms with Crippen molar-refractivity contribution in [2.24, 2.45) is 11.7 Å². The molecule has 0 spiro atoms. The van der Waals surface area contributed by atoms with Crippen LogP contribution in [0, 0.1) is 5.92 Å². The molecule has 6 nitrogen and oxygen atoms in total. The Hall–Kier alpha value is -1.50. The fraction of sp³-hybridized carbons (Fsp3) is 0.529. The molecular weight excluding hydrogens is 363 g/mol. The van der Waals surface area contributed by atoms with E-state index < -0.39 is 0 Å². The summed E-state index contributed by atoms with van der Waals surface area (Å²) in [5.41, 5.74) is 7.86. The third-order valence-electron chi connectivity index (χ3n) is 3.99. The molecule has 4 N–H and O–H groups in total. The molecule has 1 atom stereocenters. The first-order chi connectivity index (χ1) is 10.9. The molecule has 1 heterocycles. The van der Waals surface area contributed by atoms with Gasteiger partial charge in [-0.05, 0) is 30.5 Å². The number of rotatable bonds is 5. The molecule has 0 saturated carbocycles. The minimum atomic E-state index is -0.162. The molecule has 25 heavy (non-hydrogen) atoms. The third-order valence-corrected chi connectivity index (χ3v) is 3.99. The standard InChI is InChI=1S/C17H26N4O2.2ClH/c1-11(2)8-13(10-18)19-17(23)12-4-5-15-14(9-12)20-16(22)6-7-21(15)3;;/h4-5,9,11,13H,6-8,10,18H2,1-3H3,(H,19,23)(H,20,22);2*1H. The minimum absolute atomic E-state index is 0. The van der Waals surface area contributed by atoms with Crippen molar-refractivity contribution in [3.8, 4) is 0 Å². The Labute approximate surface area is 161 Å². The highest BCUT2D eigenvalue weighted by molar-refractivity contribution is 6.01. The van der Waals surface area contributed by atoms with Gasteiger partial charge in [-0.1, -0.05) is 13.8 Å². The smallest absolute Gasteiger partial charge is 0.251 e. The summed E-state index contributed by atoms with van der Waals surface area (Å²) in [7, 11) is 1.94. The van der Waals surface area contributed by atoms with Gasteiger partial charge >= 0.3 is 0 Å². The molecule has 2 rings (SSSR count). The zero-order valence-electron chi connectivity index (χ0n) is 14.9. The predicted molar refractivity (Wildman–Crippen MR) is 107 cm³/mol. The van der Waals surface area contributed by atoms with Crippen LogP contribution in [-0.2, 0) is 4.79 Å². The lowest BCUT2D eigenvalue weighted by Gasteiger charge is -2.21. The van der Waals surface area contributed by atoms with Crippen molar-refractivity contribution in [2.75, 3.05) is 30.4 Å². The van der Waals surface area contributed by atoms with E-state index in [0.29, 0.717) is 36.7 Å². The van der Waals surface area contributed by atoms with Gasteiger partial charge in [-0.15, -0.1) is 24.8 Å². The van der Waals surface area contributed by atoms with Crippen molar-refractivity contribution in [1.29, 1.82) is 0 Å². The largest absolute Gasteiger partial charge is 0.372 e. The van der Waals surface area contributed by atoms with E-state index in [2.05, 4.69) is 24.5 Å². The van der Waals surface area contributed by atoms with Crippen molar-refractivity contribution in [1.82, 2.24) is 5.32 Å². The summed E-state index contributed by atoms with van der Waals surface area (Å²) >= 11 is 0. The van der Waals surface area contributed by atoms with Crippen molar-refractivity contribution in [3.05, 3.63) is 23.8 Å². The van der Waals surface area contributed by atoms with Crippen molar-refractivity contribution in [2.45, 2.75) is 32.7 Å². The molecule has 0 aromatic heterocycles. The first-order valence-electron chi connectivity index (χ1n) is 8.06. The Kier molecular flexibility index (Phi) is 9.85. The third kappa shape index (κ3) is 6.38. The highest BCUT2D eigenvalue weighted by Gasteiger charge is 2.19. The van der Waals surface area contributed by atoms with Gasteiger partial charge in [0, 0.05) is 38.2 Å². The molecule has 0 radical (unpaired) electrons. The lowest BCUT2D eigenvalue weighted by molar-refractivity contribution is -0.115. The average Bonchev–Trinajstić information content (AvgIpc) is 2.64. The Balaban J connectivity index is 0.00000288. The molecular formula is C17H28Cl2N4O2. The number of fused-ring (bicyclic) bond motifs is 1. The van der Waals surface area contributed by atoms with Crippen LogP contribution in [0.4, 0.5) is 11.4 Å². The van der Waals surface area contributed by atoms with Crippen LogP contribution in [0.3, 0.4) is 0 Å². The molecule has 1 aliphatic heterocycles. The number of nitrogens with two attached hydrogens (primary N) is 1. The number of halogens is 2. The second-order valence-electron chi connectivity index (χ2n) is 6.49. The predicted octanol–water partition coefficient (Wildman–Crippen LogP) is 2.41. The number of hydrogen-bond donors (Lipinski definition) is 3. The second-order valence-corrected chi connectivity index (χ2v) is 6.49. The van der Waals surface area contributed by atoms with Gasteiger partial charge in [0.2, 0.25) is 5.91 Å². The van der Waals surface area contributed by atoms with Gasteiger partial charge in [-0.25, -0.2) is 0 Å². The van der Waals surface area contributed by atoms with Crippen LogP contribution >= 0.6 is 24.8 Å². The summed E-state index contributed by atoms with van der Waals surface area (Å²) in [4.78, 5) is 26.2. The molecule has 0 saturated heterocycles. The number of amides is 2. The number of carbonyl (C=O) groups excluding carboxylic acids is 2. The Morgan fingerprint density at radius 2 is 2.04 bits per heavy atom. The Bertz CT molecular complexity index is 596. The van der Waals surface area contributed by atoms with Gasteiger partial charge in [0.15, 0.2) is 0 Å². The lowest BCUT2D eigenvalue weighted by Crippen LogP contribution is -2.41. The van der Waals surface area contributed by atoms with Crippen molar-refractivity contribution >= 4 is 48.0 Å². The molecule has 0 fully saturated rings. The van der Waals surface area contributed by atoms with E-state index in [1.54, 1.807) is 12.1 Å². The number of anilines is 2. The van der Waals surface area contributed by atoms with Crippen LogP contribution in [-0.4, -0.2) is 38.0 Å². The highest BCUT2D eigenvalue weighted by Crippen LogP contribution is 2.28. The monoisotopic (exact) mass is 390 g/mol. The number of nitrogens with one attached hydrogen (secondary N) is 2. The van der Waals surface area contributed by atoms with Gasteiger partial charge < -0.3 is 21.3 Å². The SMILES string of the molecule is CC(C)CC(CN)NC(=O)c1ccc2c(c1)NC(=O)CCN2C.Cl.Cl. The van der Waals surface area contributed by atoms with Crippen molar-refractivity contribution < 1.29 is 9.59 Å². The molecule has 1 aliphatic rings. The summed E-state index contributed by atoms with van der Waals surface area (Å²) in [5.74, 6) is 0.265. The van der Waals surface area contributed by atoms with Gasteiger partial charge in [-0.3, -0.25) is 9.59 Å². The maximum Gasteiger partial charge on any atom is 0.251 e. The minimum Gasteiger partial charge on any atom is -0.372 e. The zero-order chi connectivity index (χ0) is 17.0. The van der Waals surface area contributed by atoms with Crippen LogP contribution in [0.5, 0.6) is 0 Å². The van der Waals surface area contributed by atoms with Gasteiger partial charge in [-0.2, -0.15) is 0 Å². The number of carbonyl (C=O) groups is 2. The molecule has 0 aliphatic carbocycles. The zero-order valence-corrected chi connectivity index (χ0v) is 16.5. The number of hydrogen-bond acceptors (Lipinski definition) is 4. The van der Waals surface area contributed by atoms with Gasteiger partial charge in [0.1, 0.15) is 0 Å². The van der Waals surface area contributed by atoms with Gasteiger partial charge in [0.05, 0.1) is 11.4 Å².